The molecule has 0 unspecified atom stereocenters. The highest BCUT2D eigenvalue weighted by molar-refractivity contribution is 5.48. The van der Waals surface area contributed by atoms with Gasteiger partial charge in [0.05, 0.1) is 24.0 Å². The molecule has 0 atom stereocenters. The van der Waals surface area contributed by atoms with Crippen molar-refractivity contribution in [3.05, 3.63) is 66.8 Å². The lowest BCUT2D eigenvalue weighted by atomic mass is 9.90. The predicted molar refractivity (Wildman–Crippen MR) is 94.7 cm³/mol. The van der Waals surface area contributed by atoms with Crippen LogP contribution in [0.15, 0.2) is 22.2 Å². The minimum atomic E-state index is -0.402. The van der Waals surface area contributed by atoms with E-state index in [4.69, 9.17) is 0 Å². The van der Waals surface area contributed by atoms with Gasteiger partial charge in [-0.15, -0.1) is 0 Å². The number of nitrogens with one attached hydrogen (secondary N) is 4. The summed E-state index contributed by atoms with van der Waals surface area (Å²) < 4.78 is 0. The van der Waals surface area contributed by atoms with Crippen molar-refractivity contribution in [1.82, 2.24) is 29.9 Å². The fourth-order valence-electron chi connectivity index (χ4n) is 2.50. The van der Waals surface area contributed by atoms with Crippen LogP contribution in [-0.2, 0) is 5.41 Å². The first-order valence-electron chi connectivity index (χ1n) is 7.85. The summed E-state index contributed by atoms with van der Waals surface area (Å²) in [5, 5.41) is 0.300. The van der Waals surface area contributed by atoms with Crippen LogP contribution in [0.3, 0.4) is 0 Å². The van der Waals surface area contributed by atoms with Crippen molar-refractivity contribution in [3.63, 3.8) is 0 Å². The largest absolute Gasteiger partial charge is 0.348 e. The Morgan fingerprint density at radius 2 is 1.40 bits per heavy atom. The molecule has 0 spiro atoms. The molecule has 3 rings (SSSR count). The van der Waals surface area contributed by atoms with E-state index in [2.05, 4.69) is 29.9 Å². The Hall–Kier alpha value is -3.16. The summed E-state index contributed by atoms with van der Waals surface area (Å²) in [4.78, 5) is 44.2. The van der Waals surface area contributed by atoms with Crippen LogP contribution in [0.5, 0.6) is 0 Å². The maximum absolute atomic E-state index is 12.3. The van der Waals surface area contributed by atoms with Gasteiger partial charge in [-0.1, -0.05) is 20.8 Å². The molecule has 130 valence electrons. The van der Waals surface area contributed by atoms with Gasteiger partial charge < -0.3 is 19.9 Å². The Bertz CT molecular complexity index is 1140. The molecule has 0 bridgehead atoms. The molecule has 25 heavy (non-hydrogen) atoms. The standard InChI is InChI=1S/C17H20N6O2/c1-9-10(19-7-18-9)5-12-15(24)23-13(16(25)22-12)6-11-14(17(2,3)4)21-8-20-11/h5-8H,1-4H3,(H,18,19)(H,20,21)(H,22,25)(H,23,24)/b12-5+,13-6+. The van der Waals surface area contributed by atoms with Gasteiger partial charge in [0.25, 0.3) is 11.1 Å². The van der Waals surface area contributed by atoms with Gasteiger partial charge in [0.1, 0.15) is 10.7 Å². The van der Waals surface area contributed by atoms with E-state index in [1.807, 2.05) is 27.7 Å². The fourth-order valence-corrected chi connectivity index (χ4v) is 2.50. The summed E-state index contributed by atoms with van der Waals surface area (Å²) in [5.74, 6) is 0. The Morgan fingerprint density at radius 3 is 1.92 bits per heavy atom. The molecule has 3 heterocycles. The molecular weight excluding hydrogens is 320 g/mol. The molecule has 0 aliphatic carbocycles. The first kappa shape index (κ1) is 16.7. The van der Waals surface area contributed by atoms with Crippen molar-refractivity contribution in [1.29, 1.82) is 0 Å². The highest BCUT2D eigenvalue weighted by Gasteiger charge is 2.19. The van der Waals surface area contributed by atoms with Gasteiger partial charge in [-0.25, -0.2) is 9.97 Å². The number of rotatable bonds is 2. The summed E-state index contributed by atoms with van der Waals surface area (Å²) in [6, 6.07) is 0. The van der Waals surface area contributed by atoms with E-state index in [9.17, 15) is 9.59 Å². The zero-order valence-corrected chi connectivity index (χ0v) is 14.5. The van der Waals surface area contributed by atoms with Crippen molar-refractivity contribution in [2.45, 2.75) is 33.1 Å². The first-order valence-corrected chi connectivity index (χ1v) is 7.85. The summed E-state index contributed by atoms with van der Waals surface area (Å²) in [6.45, 7) is 7.94. The number of aromatic amines is 4. The maximum atomic E-state index is 12.3. The minimum Gasteiger partial charge on any atom is -0.348 e. The Labute approximate surface area is 142 Å². The number of H-pyrrole nitrogens is 4. The highest BCUT2D eigenvalue weighted by atomic mass is 16.1. The second kappa shape index (κ2) is 6.04. The molecular formula is C17H20N6O2. The van der Waals surface area contributed by atoms with Crippen LogP contribution in [-0.4, -0.2) is 29.9 Å². The number of imidazole rings is 2. The van der Waals surface area contributed by atoms with E-state index < -0.39 is 11.1 Å². The lowest BCUT2D eigenvalue weighted by molar-refractivity contribution is 0.571. The summed E-state index contributed by atoms with van der Waals surface area (Å²) >= 11 is 0. The van der Waals surface area contributed by atoms with E-state index >= 15 is 0 Å². The van der Waals surface area contributed by atoms with E-state index in [0.717, 1.165) is 11.4 Å². The Kier molecular flexibility index (Phi) is 4.03. The zero-order chi connectivity index (χ0) is 18.2. The van der Waals surface area contributed by atoms with Gasteiger partial charge in [0.15, 0.2) is 0 Å². The minimum absolute atomic E-state index is 0.149. The Morgan fingerprint density at radius 1 is 0.880 bits per heavy atom. The van der Waals surface area contributed by atoms with E-state index in [1.54, 1.807) is 12.4 Å². The van der Waals surface area contributed by atoms with Crippen molar-refractivity contribution in [3.8, 4) is 0 Å². The normalized spacial score (nSPS) is 13.6. The fraction of sp³-hybridized carbons (Fsp3) is 0.294. The van der Waals surface area contributed by atoms with Gasteiger partial charge in [0.2, 0.25) is 0 Å². The topological polar surface area (TPSA) is 123 Å². The molecule has 0 aliphatic rings. The summed E-state index contributed by atoms with van der Waals surface area (Å²) in [5.41, 5.74) is 1.94. The Balaban J connectivity index is 2.16. The second-order valence-corrected chi connectivity index (χ2v) is 6.85. The highest BCUT2D eigenvalue weighted by Crippen LogP contribution is 2.22. The quantitative estimate of drug-likeness (QED) is 0.515. The van der Waals surface area contributed by atoms with Crippen LogP contribution in [0.1, 0.15) is 43.5 Å². The van der Waals surface area contributed by atoms with Gasteiger partial charge >= 0.3 is 0 Å². The van der Waals surface area contributed by atoms with E-state index in [-0.39, 0.29) is 16.1 Å². The SMILES string of the molecule is Cc1[nH]cnc1/C=c1/[nH]c(=O)/c(=C\c2nc[nH]c2C(C)(C)C)[nH]c1=O. The molecule has 4 N–H and O–H groups in total. The van der Waals surface area contributed by atoms with Crippen molar-refractivity contribution in [2.75, 3.05) is 0 Å². The van der Waals surface area contributed by atoms with Crippen molar-refractivity contribution < 1.29 is 0 Å². The van der Waals surface area contributed by atoms with Gasteiger partial charge in [0, 0.05) is 16.8 Å². The van der Waals surface area contributed by atoms with Crippen LogP contribution in [0.2, 0.25) is 0 Å². The average Bonchev–Trinajstić information content (AvgIpc) is 3.13. The smallest absolute Gasteiger partial charge is 0.272 e. The van der Waals surface area contributed by atoms with Crippen molar-refractivity contribution in [2.24, 2.45) is 0 Å². The first-order chi connectivity index (χ1) is 11.8. The van der Waals surface area contributed by atoms with E-state index in [1.165, 1.54) is 12.4 Å². The van der Waals surface area contributed by atoms with Gasteiger partial charge in [-0.2, -0.15) is 0 Å². The number of hydrogen-bond donors (Lipinski definition) is 4. The molecule has 0 amide bonds. The molecule has 0 aliphatic heterocycles. The van der Waals surface area contributed by atoms with E-state index in [0.29, 0.717) is 11.4 Å². The third kappa shape index (κ3) is 3.37. The summed E-state index contributed by atoms with van der Waals surface area (Å²) in [7, 11) is 0. The second-order valence-electron chi connectivity index (χ2n) is 6.85. The zero-order valence-electron chi connectivity index (χ0n) is 14.5. The number of nitrogens with zero attached hydrogens (tertiary/aromatic N) is 2. The molecule has 8 nitrogen and oxygen atoms in total. The molecule has 0 fully saturated rings. The molecule has 3 aromatic rings. The molecule has 3 aromatic heterocycles. The third-order valence-corrected chi connectivity index (χ3v) is 3.84. The monoisotopic (exact) mass is 340 g/mol. The molecule has 0 radical (unpaired) electrons. The lowest BCUT2D eigenvalue weighted by Crippen LogP contribution is -2.46. The number of aryl methyl sites for hydroxylation is 1. The third-order valence-electron chi connectivity index (χ3n) is 3.84. The van der Waals surface area contributed by atoms with Crippen LogP contribution in [0.4, 0.5) is 0 Å². The average molecular weight is 340 g/mol. The maximum Gasteiger partial charge on any atom is 0.272 e. The number of hydrogen-bond acceptors (Lipinski definition) is 4. The molecule has 0 saturated heterocycles. The predicted octanol–water partition coefficient (Wildman–Crippen LogP) is -0.227. The number of aromatic nitrogens is 6. The lowest BCUT2D eigenvalue weighted by Gasteiger charge is -2.16. The van der Waals surface area contributed by atoms with Gasteiger partial charge in [-0.05, 0) is 19.1 Å². The van der Waals surface area contributed by atoms with Crippen LogP contribution >= 0.6 is 0 Å². The molecule has 0 aromatic carbocycles. The summed E-state index contributed by atoms with van der Waals surface area (Å²) in [6.07, 6.45) is 6.20. The van der Waals surface area contributed by atoms with Crippen molar-refractivity contribution >= 4 is 12.2 Å². The molecule has 0 saturated carbocycles. The van der Waals surface area contributed by atoms with Crippen LogP contribution < -0.4 is 21.8 Å². The van der Waals surface area contributed by atoms with Crippen LogP contribution in [0.25, 0.3) is 12.2 Å². The van der Waals surface area contributed by atoms with Gasteiger partial charge in [-0.3, -0.25) is 9.59 Å². The van der Waals surface area contributed by atoms with Crippen LogP contribution in [0, 0.1) is 6.92 Å². The molecule has 8 heteroatoms.